The average Bonchev–Trinajstić information content (AvgIpc) is 2.78. The smallest absolute Gasteiger partial charge is 0.232 e. The maximum Gasteiger partial charge on any atom is 0.232 e. The monoisotopic (exact) mass is 396 g/mol. The van der Waals surface area contributed by atoms with Gasteiger partial charge in [0.25, 0.3) is 0 Å². The number of rotatable bonds is 10. The number of aromatic nitrogens is 1. The molecule has 0 aliphatic carbocycles. The van der Waals surface area contributed by atoms with Crippen LogP contribution in [0.15, 0.2) is 36.5 Å². The Morgan fingerprint density at radius 1 is 1.17 bits per heavy atom. The van der Waals surface area contributed by atoms with E-state index in [-0.39, 0.29) is 0 Å². The van der Waals surface area contributed by atoms with Gasteiger partial charge in [-0.3, -0.25) is 4.90 Å². The molecule has 7 heteroatoms. The molecule has 0 bridgehead atoms. The molecule has 1 aliphatic rings. The van der Waals surface area contributed by atoms with Crippen LogP contribution in [0.5, 0.6) is 5.88 Å². The number of morpholine rings is 1. The summed E-state index contributed by atoms with van der Waals surface area (Å²) in [6.45, 7) is 8.91. The number of hydrogen-bond acceptors (Lipinski definition) is 7. The predicted octanol–water partition coefficient (Wildman–Crippen LogP) is 2.78. The van der Waals surface area contributed by atoms with Gasteiger partial charge in [0, 0.05) is 50.2 Å². The van der Waals surface area contributed by atoms with Crippen molar-refractivity contribution in [3.8, 4) is 23.1 Å². The van der Waals surface area contributed by atoms with E-state index in [0.717, 1.165) is 56.2 Å². The molecule has 0 saturated carbocycles. The van der Waals surface area contributed by atoms with Gasteiger partial charge in [0.1, 0.15) is 18.2 Å². The van der Waals surface area contributed by atoms with Crippen molar-refractivity contribution in [3.05, 3.63) is 42.1 Å². The Morgan fingerprint density at radius 2 is 1.97 bits per heavy atom. The first-order valence-corrected chi connectivity index (χ1v) is 10.1. The van der Waals surface area contributed by atoms with Crippen molar-refractivity contribution in [1.29, 1.82) is 5.26 Å². The first kappa shape index (κ1) is 21.1. The Morgan fingerprint density at radius 3 is 2.69 bits per heavy atom. The highest BCUT2D eigenvalue weighted by atomic mass is 16.5. The topological polar surface area (TPSA) is 79.6 Å². The number of anilines is 1. The third-order valence-electron chi connectivity index (χ3n) is 4.76. The summed E-state index contributed by atoms with van der Waals surface area (Å²) in [7, 11) is 0. The number of nitrogens with one attached hydrogen (secondary N) is 1. The molecule has 1 aromatic carbocycles. The number of hydrogen-bond donors (Lipinski definition) is 1. The largest absolute Gasteiger partial charge is 0.474 e. The Bertz CT molecular complexity index is 799. The van der Waals surface area contributed by atoms with Crippen LogP contribution in [0.1, 0.15) is 12.5 Å². The maximum atomic E-state index is 9.63. The predicted molar refractivity (Wildman–Crippen MR) is 112 cm³/mol. The van der Waals surface area contributed by atoms with Gasteiger partial charge in [0.2, 0.25) is 5.88 Å². The van der Waals surface area contributed by atoms with Gasteiger partial charge in [-0.15, -0.1) is 0 Å². The molecule has 7 nitrogen and oxygen atoms in total. The lowest BCUT2D eigenvalue weighted by atomic mass is 10.0. The summed E-state index contributed by atoms with van der Waals surface area (Å²) in [4.78, 5) is 6.61. The fraction of sp³-hybridized carbons (Fsp3) is 0.455. The van der Waals surface area contributed by atoms with Gasteiger partial charge in [-0.05, 0) is 30.7 Å². The maximum absolute atomic E-state index is 9.63. The van der Waals surface area contributed by atoms with E-state index in [1.165, 1.54) is 0 Å². The Hall–Kier alpha value is -2.66. The lowest BCUT2D eigenvalue weighted by molar-refractivity contribution is 0.0398. The summed E-state index contributed by atoms with van der Waals surface area (Å²) in [5.74, 6) is 0.345. The van der Waals surface area contributed by atoms with Gasteiger partial charge < -0.3 is 19.5 Å². The van der Waals surface area contributed by atoms with Gasteiger partial charge >= 0.3 is 0 Å². The van der Waals surface area contributed by atoms with Crippen molar-refractivity contribution in [2.75, 3.05) is 64.5 Å². The van der Waals surface area contributed by atoms with Crippen LogP contribution in [0.2, 0.25) is 0 Å². The van der Waals surface area contributed by atoms with Crippen LogP contribution in [0.4, 0.5) is 5.69 Å². The zero-order chi connectivity index (χ0) is 20.3. The number of nitrogens with zero attached hydrogens (tertiary/aromatic N) is 3. The fourth-order valence-corrected chi connectivity index (χ4v) is 3.19. The number of benzene rings is 1. The molecule has 29 heavy (non-hydrogen) atoms. The lowest BCUT2D eigenvalue weighted by Gasteiger charge is -2.26. The van der Waals surface area contributed by atoms with Crippen molar-refractivity contribution < 1.29 is 14.2 Å². The summed E-state index contributed by atoms with van der Waals surface area (Å²) < 4.78 is 16.3. The van der Waals surface area contributed by atoms with Crippen LogP contribution < -0.4 is 10.1 Å². The van der Waals surface area contributed by atoms with Crippen molar-refractivity contribution >= 4 is 5.69 Å². The van der Waals surface area contributed by atoms with E-state index in [1.807, 2.05) is 37.3 Å². The average molecular weight is 396 g/mol. The molecule has 0 unspecified atom stereocenters. The molecule has 1 fully saturated rings. The molecular weight excluding hydrogens is 368 g/mol. The standard InChI is InChI=1S/C22H28N4O3/c1-2-27-15-16-29-22-21(17-23)20(7-8-25-22)18-3-5-19(6-4-18)24-9-10-26-11-13-28-14-12-26/h3-8,24H,2,9-16H2,1H3. The van der Waals surface area contributed by atoms with Crippen LogP contribution in [0, 0.1) is 11.3 Å². The third kappa shape index (κ3) is 6.16. The van der Waals surface area contributed by atoms with E-state index in [1.54, 1.807) is 6.20 Å². The summed E-state index contributed by atoms with van der Waals surface area (Å²) in [6.07, 6.45) is 1.67. The van der Waals surface area contributed by atoms with Crippen LogP contribution in [-0.2, 0) is 9.47 Å². The van der Waals surface area contributed by atoms with Crippen LogP contribution in [-0.4, -0.2) is 69.1 Å². The summed E-state index contributed by atoms with van der Waals surface area (Å²) in [5.41, 5.74) is 3.27. The van der Waals surface area contributed by atoms with Crippen LogP contribution >= 0.6 is 0 Å². The molecule has 1 aliphatic heterocycles. The second-order valence-corrected chi connectivity index (χ2v) is 6.65. The van der Waals surface area contributed by atoms with E-state index >= 15 is 0 Å². The quantitative estimate of drug-likeness (QED) is 0.619. The van der Waals surface area contributed by atoms with E-state index in [2.05, 4.69) is 21.3 Å². The molecule has 2 heterocycles. The molecule has 1 N–H and O–H groups in total. The zero-order valence-corrected chi connectivity index (χ0v) is 16.9. The first-order valence-electron chi connectivity index (χ1n) is 10.1. The molecule has 0 radical (unpaired) electrons. The third-order valence-corrected chi connectivity index (χ3v) is 4.76. The SMILES string of the molecule is CCOCCOc1nccc(-c2ccc(NCCN3CCOCC3)cc2)c1C#N. The summed E-state index contributed by atoms with van der Waals surface area (Å²) in [6, 6.07) is 12.2. The van der Waals surface area contributed by atoms with Gasteiger partial charge in [-0.2, -0.15) is 5.26 Å². The van der Waals surface area contributed by atoms with Crippen molar-refractivity contribution in [2.24, 2.45) is 0 Å². The lowest BCUT2D eigenvalue weighted by Crippen LogP contribution is -2.38. The molecular formula is C22H28N4O3. The number of pyridine rings is 1. The second-order valence-electron chi connectivity index (χ2n) is 6.65. The van der Waals surface area contributed by atoms with E-state index < -0.39 is 0 Å². The number of ether oxygens (including phenoxy) is 3. The van der Waals surface area contributed by atoms with Crippen molar-refractivity contribution in [1.82, 2.24) is 9.88 Å². The second kappa shape index (κ2) is 11.4. The zero-order valence-electron chi connectivity index (χ0n) is 16.9. The highest BCUT2D eigenvalue weighted by molar-refractivity contribution is 5.73. The number of nitriles is 1. The normalized spacial score (nSPS) is 14.3. The van der Waals surface area contributed by atoms with E-state index in [9.17, 15) is 5.26 Å². The van der Waals surface area contributed by atoms with Gasteiger partial charge in [-0.1, -0.05) is 12.1 Å². The minimum atomic E-state index is 0.345. The molecule has 2 aromatic rings. The minimum absolute atomic E-state index is 0.345. The summed E-state index contributed by atoms with van der Waals surface area (Å²) in [5, 5.41) is 13.1. The van der Waals surface area contributed by atoms with E-state index in [4.69, 9.17) is 14.2 Å². The molecule has 1 saturated heterocycles. The van der Waals surface area contributed by atoms with Crippen molar-refractivity contribution in [3.63, 3.8) is 0 Å². The fourth-order valence-electron chi connectivity index (χ4n) is 3.19. The van der Waals surface area contributed by atoms with Crippen LogP contribution in [0.25, 0.3) is 11.1 Å². The molecule has 0 atom stereocenters. The first-order chi connectivity index (χ1) is 14.3. The van der Waals surface area contributed by atoms with Gasteiger partial charge in [-0.25, -0.2) is 4.98 Å². The molecule has 1 aromatic heterocycles. The van der Waals surface area contributed by atoms with Gasteiger partial charge in [0.15, 0.2) is 0 Å². The summed E-state index contributed by atoms with van der Waals surface area (Å²) >= 11 is 0. The Balaban J connectivity index is 1.60. The molecule has 0 spiro atoms. The van der Waals surface area contributed by atoms with Gasteiger partial charge in [0.05, 0.1) is 19.8 Å². The Labute approximate surface area is 172 Å². The molecule has 0 amide bonds. The Kier molecular flexibility index (Phi) is 8.25. The minimum Gasteiger partial charge on any atom is -0.474 e. The van der Waals surface area contributed by atoms with Crippen molar-refractivity contribution in [2.45, 2.75) is 6.92 Å². The molecule has 154 valence electrons. The van der Waals surface area contributed by atoms with Crippen LogP contribution in [0.3, 0.4) is 0 Å². The van der Waals surface area contributed by atoms with E-state index in [0.29, 0.717) is 31.3 Å². The molecule has 3 rings (SSSR count). The highest BCUT2D eigenvalue weighted by Crippen LogP contribution is 2.29. The highest BCUT2D eigenvalue weighted by Gasteiger charge is 2.13.